The van der Waals surface area contributed by atoms with E-state index in [0.29, 0.717) is 0 Å². The molecule has 1 aromatic rings. The molecule has 0 unspecified atom stereocenters. The Morgan fingerprint density at radius 3 is 2.88 bits per heavy atom. The number of nitrogens with one attached hydrogen (secondary N) is 1. The van der Waals surface area contributed by atoms with Crippen molar-refractivity contribution in [3.8, 4) is 0 Å². The molecule has 1 aliphatic rings. The van der Waals surface area contributed by atoms with Gasteiger partial charge in [0, 0.05) is 6.54 Å². The number of tetrazole rings is 1. The molecule has 5 heteroatoms. The summed E-state index contributed by atoms with van der Waals surface area (Å²) in [6.07, 6.45) is 8.24. The van der Waals surface area contributed by atoms with E-state index in [4.69, 9.17) is 0 Å². The molecule has 0 spiro atoms. The highest BCUT2D eigenvalue weighted by Crippen LogP contribution is 2.26. The third-order valence-electron chi connectivity index (χ3n) is 3.41. The highest BCUT2D eigenvalue weighted by molar-refractivity contribution is 4.79. The van der Waals surface area contributed by atoms with Crippen LogP contribution in [0.2, 0.25) is 0 Å². The Labute approximate surface area is 96.6 Å². The molecule has 90 valence electrons. The van der Waals surface area contributed by atoms with Gasteiger partial charge in [0.25, 0.3) is 0 Å². The van der Waals surface area contributed by atoms with Crippen LogP contribution in [0.25, 0.3) is 0 Å². The highest BCUT2D eigenvalue weighted by Gasteiger charge is 2.14. The van der Waals surface area contributed by atoms with Crippen LogP contribution in [0.1, 0.15) is 44.3 Å². The molecule has 0 radical (unpaired) electrons. The molecule has 0 saturated heterocycles. The van der Waals surface area contributed by atoms with Gasteiger partial charge in [0.15, 0.2) is 5.82 Å². The molecule has 0 atom stereocenters. The molecule has 1 aromatic heterocycles. The zero-order valence-electron chi connectivity index (χ0n) is 10.0. The summed E-state index contributed by atoms with van der Waals surface area (Å²) in [5.41, 5.74) is 0. The molecule has 2 rings (SSSR count). The van der Waals surface area contributed by atoms with Gasteiger partial charge in [-0.3, -0.25) is 0 Å². The van der Waals surface area contributed by atoms with E-state index in [1.54, 1.807) is 0 Å². The van der Waals surface area contributed by atoms with E-state index < -0.39 is 0 Å². The summed E-state index contributed by atoms with van der Waals surface area (Å²) in [5.74, 6) is 1.83. The standard InChI is InChI=1S/C11H21N5/c1-12-9-11-13-14-15-16(11)8-7-10-5-3-2-4-6-10/h10,12H,2-9H2,1H3. The van der Waals surface area contributed by atoms with Crippen molar-refractivity contribution in [3.63, 3.8) is 0 Å². The van der Waals surface area contributed by atoms with E-state index in [9.17, 15) is 0 Å². The fourth-order valence-corrected chi connectivity index (χ4v) is 2.46. The van der Waals surface area contributed by atoms with Gasteiger partial charge >= 0.3 is 0 Å². The summed E-state index contributed by atoms with van der Waals surface area (Å²) in [7, 11) is 1.92. The fraction of sp³-hybridized carbons (Fsp3) is 0.909. The molecule has 5 nitrogen and oxygen atoms in total. The number of nitrogens with zero attached hydrogens (tertiary/aromatic N) is 4. The summed E-state index contributed by atoms with van der Waals surface area (Å²) in [6.45, 7) is 1.71. The second-order valence-corrected chi connectivity index (χ2v) is 4.64. The lowest BCUT2D eigenvalue weighted by Crippen LogP contribution is -2.16. The lowest BCUT2D eigenvalue weighted by molar-refractivity contribution is 0.315. The second kappa shape index (κ2) is 5.94. The Bertz CT molecular complexity index is 303. The van der Waals surface area contributed by atoms with Crippen LogP contribution >= 0.6 is 0 Å². The van der Waals surface area contributed by atoms with Gasteiger partial charge in [0.05, 0.1) is 6.54 Å². The van der Waals surface area contributed by atoms with Gasteiger partial charge in [-0.25, -0.2) is 4.68 Å². The Hall–Kier alpha value is -0.970. The summed E-state index contributed by atoms with van der Waals surface area (Å²) < 4.78 is 1.94. The predicted molar refractivity (Wildman–Crippen MR) is 61.8 cm³/mol. The third-order valence-corrected chi connectivity index (χ3v) is 3.41. The maximum absolute atomic E-state index is 4.03. The van der Waals surface area contributed by atoms with Crippen LogP contribution < -0.4 is 5.32 Å². The normalized spacial score (nSPS) is 17.8. The molecule has 1 N–H and O–H groups in total. The van der Waals surface area contributed by atoms with Crippen molar-refractivity contribution >= 4 is 0 Å². The lowest BCUT2D eigenvalue weighted by Gasteiger charge is -2.21. The molecule has 0 amide bonds. The van der Waals surface area contributed by atoms with Crippen molar-refractivity contribution in [2.45, 2.75) is 51.6 Å². The zero-order chi connectivity index (χ0) is 11.2. The zero-order valence-corrected chi connectivity index (χ0v) is 10.0. The smallest absolute Gasteiger partial charge is 0.165 e. The van der Waals surface area contributed by atoms with Crippen molar-refractivity contribution in [1.82, 2.24) is 25.5 Å². The highest BCUT2D eigenvalue weighted by atomic mass is 15.5. The van der Waals surface area contributed by atoms with Crippen LogP contribution in [0.4, 0.5) is 0 Å². The van der Waals surface area contributed by atoms with E-state index in [1.165, 1.54) is 38.5 Å². The molecule has 1 saturated carbocycles. The topological polar surface area (TPSA) is 55.6 Å². The van der Waals surface area contributed by atoms with Crippen LogP contribution in [0, 0.1) is 5.92 Å². The molecule has 1 aliphatic carbocycles. The molecular weight excluding hydrogens is 202 g/mol. The van der Waals surface area contributed by atoms with E-state index in [-0.39, 0.29) is 0 Å². The minimum atomic E-state index is 0.748. The Morgan fingerprint density at radius 1 is 1.31 bits per heavy atom. The Balaban J connectivity index is 1.81. The number of hydrogen-bond donors (Lipinski definition) is 1. The molecular formula is C11H21N5. The second-order valence-electron chi connectivity index (χ2n) is 4.64. The van der Waals surface area contributed by atoms with Crippen LogP contribution in [0.15, 0.2) is 0 Å². The summed E-state index contributed by atoms with van der Waals surface area (Å²) >= 11 is 0. The van der Waals surface area contributed by atoms with E-state index in [1.807, 2.05) is 11.7 Å². The Morgan fingerprint density at radius 2 is 2.12 bits per heavy atom. The van der Waals surface area contributed by atoms with Crippen LogP contribution in [-0.4, -0.2) is 27.3 Å². The van der Waals surface area contributed by atoms with Crippen LogP contribution in [-0.2, 0) is 13.1 Å². The van der Waals surface area contributed by atoms with Gasteiger partial charge in [-0.05, 0) is 29.8 Å². The van der Waals surface area contributed by atoms with Gasteiger partial charge < -0.3 is 5.32 Å². The van der Waals surface area contributed by atoms with E-state index in [0.717, 1.165) is 24.8 Å². The third kappa shape index (κ3) is 3.01. The average Bonchev–Trinajstić information content (AvgIpc) is 2.76. The summed E-state index contributed by atoms with van der Waals surface area (Å²) in [4.78, 5) is 0. The maximum atomic E-state index is 4.03. The monoisotopic (exact) mass is 223 g/mol. The molecule has 0 aromatic carbocycles. The molecule has 0 aliphatic heterocycles. The lowest BCUT2D eigenvalue weighted by atomic mass is 9.87. The van der Waals surface area contributed by atoms with Gasteiger partial charge in [0.1, 0.15) is 0 Å². The summed E-state index contributed by atoms with van der Waals surface area (Å²) in [6, 6.07) is 0. The minimum absolute atomic E-state index is 0.748. The Kier molecular flexibility index (Phi) is 4.27. The van der Waals surface area contributed by atoms with Gasteiger partial charge in [-0.15, -0.1) is 5.10 Å². The molecule has 1 fully saturated rings. The maximum Gasteiger partial charge on any atom is 0.165 e. The van der Waals surface area contributed by atoms with E-state index in [2.05, 4.69) is 20.8 Å². The van der Waals surface area contributed by atoms with Gasteiger partial charge in [-0.1, -0.05) is 32.1 Å². The number of hydrogen-bond acceptors (Lipinski definition) is 4. The molecule has 16 heavy (non-hydrogen) atoms. The van der Waals surface area contributed by atoms with Gasteiger partial charge in [-0.2, -0.15) is 0 Å². The first-order valence-corrected chi connectivity index (χ1v) is 6.30. The van der Waals surface area contributed by atoms with Crippen molar-refractivity contribution in [3.05, 3.63) is 5.82 Å². The first kappa shape index (κ1) is 11.5. The first-order valence-electron chi connectivity index (χ1n) is 6.30. The van der Waals surface area contributed by atoms with Gasteiger partial charge in [0.2, 0.25) is 0 Å². The van der Waals surface area contributed by atoms with Crippen molar-refractivity contribution in [2.24, 2.45) is 5.92 Å². The molecule has 1 heterocycles. The average molecular weight is 223 g/mol. The molecule has 0 bridgehead atoms. The van der Waals surface area contributed by atoms with Crippen molar-refractivity contribution in [1.29, 1.82) is 0 Å². The summed E-state index contributed by atoms with van der Waals surface area (Å²) in [5, 5.41) is 14.9. The first-order chi connectivity index (χ1) is 7.90. The quantitative estimate of drug-likeness (QED) is 0.819. The number of aromatic nitrogens is 4. The SMILES string of the molecule is CNCc1nnnn1CCC1CCCCC1. The van der Waals surface area contributed by atoms with Crippen molar-refractivity contribution in [2.75, 3.05) is 7.05 Å². The largest absolute Gasteiger partial charge is 0.313 e. The number of rotatable bonds is 5. The van der Waals surface area contributed by atoms with Crippen LogP contribution in [0.3, 0.4) is 0 Å². The minimum Gasteiger partial charge on any atom is -0.313 e. The predicted octanol–water partition coefficient (Wildman–Crippen LogP) is 1.36. The van der Waals surface area contributed by atoms with Crippen molar-refractivity contribution < 1.29 is 0 Å². The fourth-order valence-electron chi connectivity index (χ4n) is 2.46. The van der Waals surface area contributed by atoms with E-state index >= 15 is 0 Å². The van der Waals surface area contributed by atoms with Crippen LogP contribution in [0.5, 0.6) is 0 Å². The number of aryl methyl sites for hydroxylation is 1.